The van der Waals surface area contributed by atoms with Crippen LogP contribution in [-0.4, -0.2) is 170 Å². The summed E-state index contributed by atoms with van der Waals surface area (Å²) in [6.07, 6.45) is 8.96. The molecule has 4 aliphatic heterocycles. The molecule has 2 fully saturated rings. The molecular weight excluding hydrogens is 1040 g/mol. The number of amides is 5. The van der Waals surface area contributed by atoms with Crippen LogP contribution in [-0.2, 0) is 51.3 Å². The molecule has 1 unspecified atom stereocenters. The van der Waals surface area contributed by atoms with Crippen molar-refractivity contribution >= 4 is 59.6 Å². The second kappa shape index (κ2) is 31.7. The molecule has 3 N–H and O–H groups in total. The molecule has 5 amide bonds. The van der Waals surface area contributed by atoms with Gasteiger partial charge in [0.25, 0.3) is 23.6 Å². The van der Waals surface area contributed by atoms with Crippen LogP contribution in [0.3, 0.4) is 0 Å². The number of aliphatic imine (C=N–C) groups is 2. The van der Waals surface area contributed by atoms with E-state index in [0.29, 0.717) is 129 Å². The molecule has 1 atom stereocenters. The van der Waals surface area contributed by atoms with Gasteiger partial charge in [-0.05, 0) is 67.8 Å². The molecule has 21 nitrogen and oxygen atoms in total. The van der Waals surface area contributed by atoms with E-state index in [4.69, 9.17) is 37.9 Å². The van der Waals surface area contributed by atoms with Gasteiger partial charge < -0.3 is 63.5 Å². The van der Waals surface area contributed by atoms with Crippen molar-refractivity contribution in [3.8, 4) is 34.8 Å². The fourth-order valence-electron chi connectivity index (χ4n) is 8.89. The highest BCUT2D eigenvalue weighted by molar-refractivity contribution is 6.13. The zero-order valence-corrected chi connectivity index (χ0v) is 46.9. The van der Waals surface area contributed by atoms with E-state index in [1.54, 1.807) is 41.6 Å². The van der Waals surface area contributed by atoms with Crippen molar-refractivity contribution in [1.82, 2.24) is 25.8 Å². The lowest BCUT2D eigenvalue weighted by Crippen LogP contribution is -2.55. The Bertz CT molecular complexity index is 2900. The Morgan fingerprint density at radius 3 is 1.93 bits per heavy atom. The van der Waals surface area contributed by atoms with Gasteiger partial charge in [-0.25, -0.2) is 0 Å². The Hall–Kier alpha value is -8.00. The average molecular weight is 1120 g/mol. The number of aldehydes is 1. The summed E-state index contributed by atoms with van der Waals surface area (Å²) in [7, 11) is 4.91. The zero-order valence-electron chi connectivity index (χ0n) is 46.9. The molecule has 0 bridgehead atoms. The molecule has 3 aromatic carbocycles. The average Bonchev–Trinajstić information content (AvgIpc) is 4.02. The third kappa shape index (κ3) is 18.0. The molecule has 1 saturated carbocycles. The Morgan fingerprint density at radius 2 is 1.35 bits per heavy atom. The Balaban J connectivity index is 0.000000720. The first-order chi connectivity index (χ1) is 39.3. The second-order valence-electron chi connectivity index (χ2n) is 18.9. The third-order valence-corrected chi connectivity index (χ3v) is 12.8. The van der Waals surface area contributed by atoms with Gasteiger partial charge >= 0.3 is 0 Å². The highest BCUT2D eigenvalue weighted by atomic mass is 16.6. The predicted molar refractivity (Wildman–Crippen MR) is 304 cm³/mol. The lowest BCUT2D eigenvalue weighted by atomic mass is 9.74. The van der Waals surface area contributed by atoms with E-state index >= 15 is 0 Å². The summed E-state index contributed by atoms with van der Waals surface area (Å²) in [5, 5.41) is 8.93. The summed E-state index contributed by atoms with van der Waals surface area (Å²) >= 11 is 0. The Morgan fingerprint density at radius 1 is 0.765 bits per heavy atom. The summed E-state index contributed by atoms with van der Waals surface area (Å²) in [5.41, 5.74) is 5.42. The van der Waals surface area contributed by atoms with Crippen LogP contribution < -0.4 is 34.9 Å². The van der Waals surface area contributed by atoms with E-state index in [1.165, 1.54) is 26.4 Å². The fourth-order valence-corrected chi connectivity index (χ4v) is 8.89. The number of carbonyl (C=O) groups excluding carboxylic acids is 6. The third-order valence-electron chi connectivity index (χ3n) is 12.8. The molecule has 0 radical (unpaired) electrons. The lowest BCUT2D eigenvalue weighted by molar-refractivity contribution is -0.136. The number of ether oxygens (including phenoxy) is 8. The molecule has 5 aliphatic rings. The largest absolute Gasteiger partial charge is 0.493 e. The monoisotopic (exact) mass is 1120 g/mol. The molecule has 432 valence electrons. The summed E-state index contributed by atoms with van der Waals surface area (Å²) < 4.78 is 46.0. The van der Waals surface area contributed by atoms with Crippen LogP contribution in [0.2, 0.25) is 0 Å². The topological polar surface area (TPSA) is 244 Å². The number of hydrogen-bond acceptors (Lipinski definition) is 17. The first kappa shape index (κ1) is 62.2. The van der Waals surface area contributed by atoms with Crippen LogP contribution in [0.4, 0.5) is 11.4 Å². The normalized spacial score (nSPS) is 16.0. The summed E-state index contributed by atoms with van der Waals surface area (Å²) in [4.78, 5) is 83.0. The molecular formula is C60H73N7O14. The van der Waals surface area contributed by atoms with Crippen molar-refractivity contribution in [2.75, 3.05) is 100 Å². The molecule has 8 rings (SSSR count). The highest BCUT2D eigenvalue weighted by Crippen LogP contribution is 2.42. The summed E-state index contributed by atoms with van der Waals surface area (Å²) in [5.74, 6) is 6.52. The number of fused-ring (bicyclic) bond motifs is 3. The van der Waals surface area contributed by atoms with Gasteiger partial charge in [0.15, 0.2) is 23.0 Å². The standard InChI is InChI=1S/C51H60N6O11.C7H7NO3.C2H6/c1-34-19-39-29-54-43-26-47(45(62-5)24-41(43)50(60)57(39)30-34)68-32-38-21-36(7-6-9-53-48(58)8-11-63-13-15-65-17-18-66-16-14-64-12-10-52-3)20-37(22-38)31-67-46-25-42-40(23-44(46)61-4)49(59)56-51(33-55-42)27-35(2)28-51;9-5-1-4-8-6(10)2-3-7(8)11;1-2/h20-26,29,33,39,52H,1-2,8-19,27-28,30-32H2,3-5H3,(H,53,58)(H,56,59);2-3,5H,1,4H2;1-2H3. The second-order valence-corrected chi connectivity index (χ2v) is 18.9. The fraction of sp³-hybridized carbons (Fsp3) is 0.433. The number of nitrogens with one attached hydrogen (secondary N) is 3. The van der Waals surface area contributed by atoms with Gasteiger partial charge in [-0.1, -0.05) is 50.0 Å². The number of imide groups is 1. The number of rotatable bonds is 27. The van der Waals surface area contributed by atoms with Gasteiger partial charge in [0.05, 0.1) is 108 Å². The molecule has 1 aliphatic carbocycles. The minimum absolute atomic E-state index is 0.100. The number of hydrogen-bond donors (Lipinski definition) is 3. The first-order valence-electron chi connectivity index (χ1n) is 26.9. The molecule has 21 heteroatoms. The number of benzene rings is 3. The van der Waals surface area contributed by atoms with Crippen molar-refractivity contribution in [3.63, 3.8) is 0 Å². The summed E-state index contributed by atoms with van der Waals surface area (Å²) in [6.45, 7) is 17.5. The van der Waals surface area contributed by atoms with Gasteiger partial charge in [0.1, 0.15) is 19.5 Å². The van der Waals surface area contributed by atoms with Crippen molar-refractivity contribution in [3.05, 3.63) is 107 Å². The van der Waals surface area contributed by atoms with Crippen LogP contribution in [0.5, 0.6) is 23.0 Å². The predicted octanol–water partition coefficient (Wildman–Crippen LogP) is 5.55. The lowest BCUT2D eigenvalue weighted by Gasteiger charge is -2.40. The maximum atomic E-state index is 13.6. The minimum Gasteiger partial charge on any atom is -0.493 e. The van der Waals surface area contributed by atoms with Gasteiger partial charge in [-0.15, -0.1) is 0 Å². The van der Waals surface area contributed by atoms with E-state index in [0.717, 1.165) is 33.7 Å². The summed E-state index contributed by atoms with van der Waals surface area (Å²) in [6, 6.07) is 12.3. The smallest absolute Gasteiger partial charge is 0.257 e. The Labute approximate surface area is 473 Å². The molecule has 1 saturated heterocycles. The number of carbonyl (C=O) groups is 6. The van der Waals surface area contributed by atoms with E-state index in [1.807, 2.05) is 39.1 Å². The van der Waals surface area contributed by atoms with Crippen molar-refractivity contribution in [1.29, 1.82) is 0 Å². The van der Waals surface area contributed by atoms with Crippen LogP contribution >= 0.6 is 0 Å². The quantitative estimate of drug-likeness (QED) is 0.0279. The Kier molecular flexibility index (Phi) is 24.3. The minimum atomic E-state index is -0.548. The van der Waals surface area contributed by atoms with Crippen LogP contribution in [0.15, 0.2) is 88.9 Å². The van der Waals surface area contributed by atoms with E-state index in [2.05, 4.69) is 50.9 Å². The number of likely N-dealkylation sites (N-methyl/N-ethyl adjacent to an activating group) is 1. The molecule has 81 heavy (non-hydrogen) atoms. The van der Waals surface area contributed by atoms with Gasteiger partial charge in [-0.3, -0.25) is 38.9 Å². The van der Waals surface area contributed by atoms with Crippen LogP contribution in [0, 0.1) is 11.8 Å². The van der Waals surface area contributed by atoms with Crippen molar-refractivity contribution < 1.29 is 66.7 Å². The van der Waals surface area contributed by atoms with Crippen molar-refractivity contribution in [2.24, 2.45) is 9.98 Å². The van der Waals surface area contributed by atoms with E-state index in [-0.39, 0.29) is 81.3 Å². The molecule has 1 spiro atoms. The molecule has 3 aromatic rings. The molecule has 4 heterocycles. The molecule has 0 aromatic heterocycles. The maximum absolute atomic E-state index is 13.6. The highest BCUT2D eigenvalue weighted by Gasteiger charge is 2.42. The van der Waals surface area contributed by atoms with Crippen LogP contribution in [0.25, 0.3) is 0 Å². The maximum Gasteiger partial charge on any atom is 0.257 e. The SMILES string of the molecule is C=C1CC2C=Nc3cc(OCc4cc(C#CCNC(=O)CCOCCOCCOCCOCCNC)cc(COc5cc6c(cc5OC)C(=O)NC5(C=N6)CC(=C)C5)c4)c(OC)cc3C(=O)N2C1.CC.O=CCCN1C(=O)C=CC1=O. The first-order valence-corrected chi connectivity index (χ1v) is 26.9. The van der Waals surface area contributed by atoms with Crippen molar-refractivity contribution in [2.45, 2.75) is 70.7 Å². The van der Waals surface area contributed by atoms with Gasteiger partial charge in [0, 0.05) is 74.8 Å². The van der Waals surface area contributed by atoms with Crippen LogP contribution in [0.1, 0.15) is 83.4 Å². The number of nitrogens with zero attached hydrogens (tertiary/aromatic N) is 4. The zero-order chi connectivity index (χ0) is 58.2. The number of methoxy groups -OCH3 is 2. The van der Waals surface area contributed by atoms with Gasteiger partial charge in [0.2, 0.25) is 5.91 Å². The van der Waals surface area contributed by atoms with E-state index < -0.39 is 5.54 Å². The van der Waals surface area contributed by atoms with E-state index in [9.17, 15) is 28.8 Å². The van der Waals surface area contributed by atoms with Gasteiger partial charge in [-0.2, -0.15) is 0 Å².